The highest BCUT2D eigenvalue weighted by Gasteiger charge is 2.08. The predicted octanol–water partition coefficient (Wildman–Crippen LogP) is 3.48. The fourth-order valence-electron chi connectivity index (χ4n) is 3.00. The minimum Gasteiger partial charge on any atom is -0.489 e. The summed E-state index contributed by atoms with van der Waals surface area (Å²) in [7, 11) is 0. The maximum absolute atomic E-state index is 10.6. The zero-order chi connectivity index (χ0) is 21.3. The van der Waals surface area contributed by atoms with E-state index in [1.807, 2.05) is 31.2 Å². The summed E-state index contributed by atoms with van der Waals surface area (Å²) in [5, 5.41) is 8.73. The molecule has 0 saturated carbocycles. The van der Waals surface area contributed by atoms with E-state index < -0.39 is 5.97 Å². The first-order valence-corrected chi connectivity index (χ1v) is 10.5. The number of hydrogen-bond acceptors (Lipinski definition) is 5. The Labute approximate surface area is 184 Å². The Morgan fingerprint density at radius 2 is 2.00 bits per heavy atom. The molecular weight excluding hydrogens is 450 g/mol. The maximum atomic E-state index is 10.6. The number of benzene rings is 2. The molecule has 0 aromatic heterocycles. The molecule has 1 aliphatic heterocycles. The average molecular weight is 474 g/mol. The van der Waals surface area contributed by atoms with Crippen LogP contribution >= 0.6 is 15.9 Å². The second kappa shape index (κ2) is 11.0. The first-order chi connectivity index (χ1) is 14.5. The number of nitrogens with zero attached hydrogens (tertiary/aromatic N) is 1. The molecule has 0 bridgehead atoms. The van der Waals surface area contributed by atoms with Crippen LogP contribution in [0.4, 0.5) is 0 Å². The largest absolute Gasteiger partial charge is 0.489 e. The number of aryl methyl sites for hydroxylation is 1. The number of morpholine rings is 1. The van der Waals surface area contributed by atoms with Crippen LogP contribution in [0.1, 0.15) is 16.7 Å². The Bertz CT molecular complexity index is 944. The van der Waals surface area contributed by atoms with Crippen LogP contribution < -0.4 is 9.47 Å². The van der Waals surface area contributed by atoms with Gasteiger partial charge in [0.05, 0.1) is 19.8 Å². The summed E-state index contributed by atoms with van der Waals surface area (Å²) in [5.41, 5.74) is 2.76. The molecule has 0 amide bonds. The molecular formula is C23H24BrNO5. The third-order valence-electron chi connectivity index (χ3n) is 4.50. The van der Waals surface area contributed by atoms with Gasteiger partial charge in [0.2, 0.25) is 0 Å². The molecule has 0 unspecified atom stereocenters. The van der Waals surface area contributed by atoms with E-state index in [0.717, 1.165) is 54.0 Å². The third kappa shape index (κ3) is 7.06. The van der Waals surface area contributed by atoms with Gasteiger partial charge in [-0.3, -0.25) is 4.90 Å². The van der Waals surface area contributed by atoms with Gasteiger partial charge in [0.1, 0.15) is 18.1 Å². The van der Waals surface area contributed by atoms with E-state index >= 15 is 0 Å². The number of hydrogen-bond donors (Lipinski definition) is 1. The summed E-state index contributed by atoms with van der Waals surface area (Å²) in [4.78, 5) is 12.9. The molecule has 1 aliphatic rings. The van der Waals surface area contributed by atoms with Gasteiger partial charge in [-0.1, -0.05) is 27.8 Å². The van der Waals surface area contributed by atoms with Crippen molar-refractivity contribution in [3.63, 3.8) is 0 Å². The van der Waals surface area contributed by atoms with Gasteiger partial charge in [0.15, 0.2) is 6.61 Å². The SMILES string of the molecule is Cc1cc(OCc2cc(Br)cc(C#CCN3CCOCC3)c2)ccc1OCC(=O)O. The van der Waals surface area contributed by atoms with Crippen molar-refractivity contribution in [2.45, 2.75) is 13.5 Å². The molecule has 1 heterocycles. The summed E-state index contributed by atoms with van der Waals surface area (Å²) in [6, 6.07) is 11.3. The van der Waals surface area contributed by atoms with Crippen LogP contribution in [0.15, 0.2) is 40.9 Å². The van der Waals surface area contributed by atoms with E-state index in [-0.39, 0.29) is 6.61 Å². The first-order valence-electron chi connectivity index (χ1n) is 9.66. The minimum atomic E-state index is -1.01. The van der Waals surface area contributed by atoms with Crippen LogP contribution in [-0.2, 0) is 16.1 Å². The van der Waals surface area contributed by atoms with Crippen molar-refractivity contribution in [1.29, 1.82) is 0 Å². The lowest BCUT2D eigenvalue weighted by molar-refractivity contribution is -0.139. The van der Waals surface area contributed by atoms with Gasteiger partial charge in [-0.15, -0.1) is 0 Å². The lowest BCUT2D eigenvalue weighted by Gasteiger charge is -2.24. The van der Waals surface area contributed by atoms with Gasteiger partial charge in [0, 0.05) is 23.1 Å². The number of carboxylic acid groups (broad SMARTS) is 1. The number of ether oxygens (including phenoxy) is 3. The molecule has 2 aromatic carbocycles. The highest BCUT2D eigenvalue weighted by Crippen LogP contribution is 2.24. The lowest BCUT2D eigenvalue weighted by atomic mass is 10.1. The van der Waals surface area contributed by atoms with Crippen molar-refractivity contribution in [2.24, 2.45) is 0 Å². The number of carboxylic acids is 1. The van der Waals surface area contributed by atoms with Crippen LogP contribution in [0.5, 0.6) is 11.5 Å². The van der Waals surface area contributed by atoms with E-state index in [1.165, 1.54) is 0 Å². The molecule has 6 nitrogen and oxygen atoms in total. The topological polar surface area (TPSA) is 68.2 Å². The molecule has 1 N–H and O–H groups in total. The standard InChI is InChI=1S/C23H24BrNO5/c1-17-11-21(4-5-22(17)30-16-23(26)27)29-15-19-12-18(13-20(24)14-19)3-2-6-25-7-9-28-10-8-25/h4-5,11-14H,6-10,15-16H2,1H3,(H,26,27). The predicted molar refractivity (Wildman–Crippen MR) is 117 cm³/mol. The lowest BCUT2D eigenvalue weighted by Crippen LogP contribution is -2.36. The van der Waals surface area contributed by atoms with E-state index in [9.17, 15) is 4.79 Å². The van der Waals surface area contributed by atoms with E-state index in [0.29, 0.717) is 18.1 Å². The van der Waals surface area contributed by atoms with Crippen molar-refractivity contribution < 1.29 is 24.1 Å². The Balaban J connectivity index is 1.59. The summed E-state index contributed by atoms with van der Waals surface area (Å²) in [5.74, 6) is 6.68. The molecule has 7 heteroatoms. The number of aliphatic carboxylic acids is 1. The van der Waals surface area contributed by atoms with E-state index in [1.54, 1.807) is 12.1 Å². The summed E-state index contributed by atoms with van der Waals surface area (Å²) in [6.45, 7) is 6.00. The van der Waals surface area contributed by atoms with Crippen LogP contribution in [0.25, 0.3) is 0 Å². The van der Waals surface area contributed by atoms with Crippen molar-refractivity contribution in [3.8, 4) is 23.3 Å². The zero-order valence-corrected chi connectivity index (χ0v) is 18.4. The molecule has 0 atom stereocenters. The van der Waals surface area contributed by atoms with E-state index in [2.05, 4.69) is 32.7 Å². The fourth-order valence-corrected chi connectivity index (χ4v) is 3.54. The maximum Gasteiger partial charge on any atom is 0.341 e. The Kier molecular flexibility index (Phi) is 8.14. The molecule has 30 heavy (non-hydrogen) atoms. The van der Waals surface area contributed by atoms with Gasteiger partial charge in [0.25, 0.3) is 0 Å². The summed E-state index contributed by atoms with van der Waals surface area (Å²) in [6.07, 6.45) is 0. The Morgan fingerprint density at radius 1 is 1.20 bits per heavy atom. The van der Waals surface area contributed by atoms with Crippen molar-refractivity contribution >= 4 is 21.9 Å². The zero-order valence-electron chi connectivity index (χ0n) is 16.8. The van der Waals surface area contributed by atoms with Gasteiger partial charge >= 0.3 is 5.97 Å². The summed E-state index contributed by atoms with van der Waals surface area (Å²) < 4.78 is 17.4. The van der Waals surface area contributed by atoms with Crippen molar-refractivity contribution in [3.05, 3.63) is 57.6 Å². The van der Waals surface area contributed by atoms with Gasteiger partial charge < -0.3 is 19.3 Å². The van der Waals surface area contributed by atoms with E-state index in [4.69, 9.17) is 19.3 Å². The average Bonchev–Trinajstić information content (AvgIpc) is 2.72. The molecule has 0 spiro atoms. The first kappa shape index (κ1) is 22.2. The molecule has 0 aliphatic carbocycles. The Morgan fingerprint density at radius 3 is 2.73 bits per heavy atom. The number of rotatable bonds is 7. The molecule has 3 rings (SSSR count). The van der Waals surface area contributed by atoms with Gasteiger partial charge in [-0.25, -0.2) is 4.79 Å². The molecule has 2 aromatic rings. The van der Waals surface area contributed by atoms with Gasteiger partial charge in [-0.05, 0) is 54.4 Å². The number of halogens is 1. The molecule has 158 valence electrons. The molecule has 1 saturated heterocycles. The quantitative estimate of drug-likeness (QED) is 0.620. The fraction of sp³-hybridized carbons (Fsp3) is 0.348. The molecule has 1 fully saturated rings. The summed E-state index contributed by atoms with van der Waals surface area (Å²) >= 11 is 3.54. The highest BCUT2D eigenvalue weighted by atomic mass is 79.9. The number of carbonyl (C=O) groups is 1. The van der Waals surface area contributed by atoms with Crippen molar-refractivity contribution in [2.75, 3.05) is 39.5 Å². The monoisotopic (exact) mass is 473 g/mol. The normalized spacial score (nSPS) is 13.9. The van der Waals surface area contributed by atoms with Gasteiger partial charge in [-0.2, -0.15) is 0 Å². The van der Waals surface area contributed by atoms with Crippen LogP contribution in [0.2, 0.25) is 0 Å². The van der Waals surface area contributed by atoms with Crippen LogP contribution in [0, 0.1) is 18.8 Å². The second-order valence-electron chi connectivity index (χ2n) is 6.94. The second-order valence-corrected chi connectivity index (χ2v) is 7.85. The smallest absolute Gasteiger partial charge is 0.341 e. The third-order valence-corrected chi connectivity index (χ3v) is 4.96. The van der Waals surface area contributed by atoms with Crippen molar-refractivity contribution in [1.82, 2.24) is 4.90 Å². The van der Waals surface area contributed by atoms with Crippen LogP contribution in [0.3, 0.4) is 0 Å². The Hall–Kier alpha value is -2.53. The minimum absolute atomic E-state index is 0.367. The van der Waals surface area contributed by atoms with Crippen LogP contribution in [-0.4, -0.2) is 55.4 Å². The molecule has 0 radical (unpaired) electrons. The highest BCUT2D eigenvalue weighted by molar-refractivity contribution is 9.10.